The second kappa shape index (κ2) is 5.16. The van der Waals surface area contributed by atoms with Gasteiger partial charge in [-0.05, 0) is 6.42 Å². The van der Waals surface area contributed by atoms with Crippen LogP contribution in [-0.4, -0.2) is 36.8 Å². The summed E-state index contributed by atoms with van der Waals surface area (Å²) in [5.74, 6) is 0.651. The van der Waals surface area contributed by atoms with E-state index in [9.17, 15) is 8.42 Å². The Hall–Kier alpha value is -1.04. The van der Waals surface area contributed by atoms with Crippen LogP contribution in [-0.2, 0) is 16.4 Å². The van der Waals surface area contributed by atoms with Gasteiger partial charge in [0.15, 0.2) is 15.6 Å². The van der Waals surface area contributed by atoms with Gasteiger partial charge in [0, 0.05) is 12.8 Å². The second-order valence-corrected chi connectivity index (χ2v) is 5.68. The van der Waals surface area contributed by atoms with Crippen LogP contribution >= 0.6 is 0 Å². The first kappa shape index (κ1) is 12.0. The average molecular weight is 232 g/mol. The molecular formula is C9H16N2O3S. The summed E-state index contributed by atoms with van der Waals surface area (Å²) in [5, 5.41) is 4.06. The summed E-state index contributed by atoms with van der Waals surface area (Å²) >= 11 is 0. The van der Waals surface area contributed by atoms with Crippen LogP contribution in [0.5, 0.6) is 5.75 Å². The van der Waals surface area contributed by atoms with E-state index in [1.807, 2.05) is 0 Å². The third-order valence-corrected chi connectivity index (χ3v) is 2.69. The molecule has 1 heterocycles. The molecule has 0 aliphatic carbocycles. The molecular weight excluding hydrogens is 216 g/mol. The van der Waals surface area contributed by atoms with Crippen molar-refractivity contribution >= 4 is 9.84 Å². The van der Waals surface area contributed by atoms with E-state index in [0.29, 0.717) is 5.75 Å². The Kier molecular flexibility index (Phi) is 4.14. The molecule has 0 amide bonds. The van der Waals surface area contributed by atoms with Gasteiger partial charge in [-0.3, -0.25) is 4.68 Å². The van der Waals surface area contributed by atoms with Crippen molar-refractivity contribution in [2.24, 2.45) is 0 Å². The van der Waals surface area contributed by atoms with Crippen LogP contribution in [0.3, 0.4) is 0 Å². The van der Waals surface area contributed by atoms with Crippen molar-refractivity contribution in [2.75, 3.05) is 18.6 Å². The van der Waals surface area contributed by atoms with Crippen molar-refractivity contribution in [1.29, 1.82) is 0 Å². The van der Waals surface area contributed by atoms with Crippen molar-refractivity contribution in [3.8, 4) is 5.75 Å². The van der Waals surface area contributed by atoms with E-state index in [1.54, 1.807) is 17.1 Å². The highest BCUT2D eigenvalue weighted by atomic mass is 32.2. The van der Waals surface area contributed by atoms with Crippen LogP contribution in [0.15, 0.2) is 12.4 Å². The van der Waals surface area contributed by atoms with E-state index in [4.69, 9.17) is 4.74 Å². The number of sulfone groups is 1. The lowest BCUT2D eigenvalue weighted by atomic mass is 10.5. The third-order valence-electron chi connectivity index (χ3n) is 1.79. The molecule has 1 aromatic rings. The van der Waals surface area contributed by atoms with Gasteiger partial charge >= 0.3 is 0 Å². The molecule has 0 N–H and O–H groups in total. The van der Waals surface area contributed by atoms with Gasteiger partial charge in [-0.25, -0.2) is 8.42 Å². The van der Waals surface area contributed by atoms with E-state index >= 15 is 0 Å². The van der Waals surface area contributed by atoms with Crippen molar-refractivity contribution in [1.82, 2.24) is 9.78 Å². The van der Waals surface area contributed by atoms with Crippen molar-refractivity contribution in [3.05, 3.63) is 12.4 Å². The summed E-state index contributed by atoms with van der Waals surface area (Å²) in [4.78, 5) is 0. The monoisotopic (exact) mass is 232 g/mol. The molecule has 86 valence electrons. The fraction of sp³-hybridized carbons (Fsp3) is 0.667. The van der Waals surface area contributed by atoms with Crippen LogP contribution in [0.4, 0.5) is 0 Å². The molecule has 0 saturated carbocycles. The van der Waals surface area contributed by atoms with Gasteiger partial charge in [-0.2, -0.15) is 5.10 Å². The van der Waals surface area contributed by atoms with E-state index in [-0.39, 0.29) is 12.4 Å². The number of nitrogens with zero attached hydrogens (tertiary/aromatic N) is 2. The minimum Gasteiger partial charge on any atom is -0.489 e. The highest BCUT2D eigenvalue weighted by Gasteiger charge is 2.03. The summed E-state index contributed by atoms with van der Waals surface area (Å²) < 4.78 is 28.7. The summed E-state index contributed by atoms with van der Waals surface area (Å²) in [6.45, 7) is 3.08. The molecule has 0 aliphatic heterocycles. The summed E-state index contributed by atoms with van der Waals surface area (Å²) in [6.07, 6.45) is 5.56. The Morgan fingerprint density at radius 1 is 1.53 bits per heavy atom. The minimum absolute atomic E-state index is 0.0337. The van der Waals surface area contributed by atoms with Crippen LogP contribution in [0.1, 0.15) is 13.3 Å². The molecule has 1 aromatic heterocycles. The second-order valence-electron chi connectivity index (χ2n) is 3.42. The highest BCUT2D eigenvalue weighted by Crippen LogP contribution is 2.08. The predicted molar refractivity (Wildman–Crippen MR) is 57.7 cm³/mol. The first-order valence-electron chi connectivity index (χ1n) is 4.84. The van der Waals surface area contributed by atoms with Crippen molar-refractivity contribution in [2.45, 2.75) is 19.9 Å². The number of hydrogen-bond acceptors (Lipinski definition) is 4. The molecule has 6 heteroatoms. The van der Waals surface area contributed by atoms with Gasteiger partial charge in [0.05, 0.1) is 18.1 Å². The van der Waals surface area contributed by atoms with Gasteiger partial charge in [-0.15, -0.1) is 0 Å². The topological polar surface area (TPSA) is 61.2 Å². The van der Waals surface area contributed by atoms with E-state index in [2.05, 4.69) is 12.0 Å². The van der Waals surface area contributed by atoms with Gasteiger partial charge in [0.25, 0.3) is 0 Å². The van der Waals surface area contributed by atoms with Crippen LogP contribution in [0.25, 0.3) is 0 Å². The standard InChI is InChI=1S/C9H16N2O3S/c1-3-4-11-8-9(7-10-11)14-5-6-15(2,12)13/h7-8H,3-6H2,1-2H3. The molecule has 1 rings (SSSR count). The zero-order valence-corrected chi connectivity index (χ0v) is 9.83. The molecule has 0 atom stereocenters. The molecule has 0 bridgehead atoms. The highest BCUT2D eigenvalue weighted by molar-refractivity contribution is 7.90. The maximum Gasteiger partial charge on any atom is 0.157 e. The molecule has 0 aliphatic rings. The number of aryl methyl sites for hydroxylation is 1. The van der Waals surface area contributed by atoms with Gasteiger partial charge in [0.1, 0.15) is 6.61 Å². The molecule has 0 unspecified atom stereocenters. The molecule has 0 saturated heterocycles. The Morgan fingerprint density at radius 3 is 2.87 bits per heavy atom. The molecule has 0 fully saturated rings. The zero-order chi connectivity index (χ0) is 11.3. The summed E-state index contributed by atoms with van der Waals surface area (Å²) in [7, 11) is -2.95. The largest absolute Gasteiger partial charge is 0.489 e. The number of rotatable bonds is 6. The quantitative estimate of drug-likeness (QED) is 0.725. The molecule has 15 heavy (non-hydrogen) atoms. The third kappa shape index (κ3) is 4.83. The maximum atomic E-state index is 10.8. The Bertz CT molecular complexity index is 397. The fourth-order valence-electron chi connectivity index (χ4n) is 1.08. The maximum absolute atomic E-state index is 10.8. The lowest BCUT2D eigenvalue weighted by Crippen LogP contribution is -2.11. The fourth-order valence-corrected chi connectivity index (χ4v) is 1.47. The zero-order valence-electron chi connectivity index (χ0n) is 9.01. The van der Waals surface area contributed by atoms with E-state index in [0.717, 1.165) is 13.0 Å². The van der Waals surface area contributed by atoms with Crippen LogP contribution < -0.4 is 4.74 Å². The lowest BCUT2D eigenvalue weighted by molar-refractivity contribution is 0.340. The Morgan fingerprint density at radius 2 is 2.27 bits per heavy atom. The first-order valence-corrected chi connectivity index (χ1v) is 6.90. The van der Waals surface area contributed by atoms with Crippen LogP contribution in [0.2, 0.25) is 0 Å². The summed E-state index contributed by atoms with van der Waals surface area (Å²) in [6, 6.07) is 0. The molecule has 0 spiro atoms. The SMILES string of the molecule is CCCn1cc(OCCS(C)(=O)=O)cn1. The first-order chi connectivity index (χ1) is 7.01. The van der Waals surface area contributed by atoms with Gasteiger partial charge < -0.3 is 4.74 Å². The molecule has 0 aromatic carbocycles. The molecule has 0 radical (unpaired) electrons. The van der Waals surface area contributed by atoms with E-state index in [1.165, 1.54) is 6.26 Å². The predicted octanol–water partition coefficient (Wildman–Crippen LogP) is 0.716. The average Bonchev–Trinajstić information content (AvgIpc) is 2.51. The summed E-state index contributed by atoms with van der Waals surface area (Å²) in [5.41, 5.74) is 0. The number of hydrogen-bond donors (Lipinski definition) is 0. The Labute approximate surface area is 90.0 Å². The van der Waals surface area contributed by atoms with Crippen molar-refractivity contribution < 1.29 is 13.2 Å². The lowest BCUT2D eigenvalue weighted by Gasteiger charge is -2.01. The van der Waals surface area contributed by atoms with Gasteiger partial charge in [-0.1, -0.05) is 6.92 Å². The van der Waals surface area contributed by atoms with Crippen molar-refractivity contribution in [3.63, 3.8) is 0 Å². The Balaban J connectivity index is 2.38. The van der Waals surface area contributed by atoms with Gasteiger partial charge in [0.2, 0.25) is 0 Å². The number of aromatic nitrogens is 2. The molecule has 5 nitrogen and oxygen atoms in total. The number of ether oxygens (including phenoxy) is 1. The van der Waals surface area contributed by atoms with Crippen LogP contribution in [0, 0.1) is 0 Å². The normalized spacial score (nSPS) is 11.6. The minimum atomic E-state index is -2.95. The van der Waals surface area contributed by atoms with E-state index < -0.39 is 9.84 Å². The smallest absolute Gasteiger partial charge is 0.157 e.